The summed E-state index contributed by atoms with van der Waals surface area (Å²) in [5.74, 6) is 0.553. The summed E-state index contributed by atoms with van der Waals surface area (Å²) in [6.45, 7) is 2.22. The van der Waals surface area contributed by atoms with E-state index in [2.05, 4.69) is 13.0 Å². The van der Waals surface area contributed by atoms with Crippen molar-refractivity contribution in [2.24, 2.45) is 0 Å². The Kier molecular flexibility index (Phi) is 4.34. The van der Waals surface area contributed by atoms with Gasteiger partial charge in [-0.3, -0.25) is 10.1 Å². The monoisotopic (exact) mass is 247 g/mol. The van der Waals surface area contributed by atoms with E-state index in [1.807, 2.05) is 6.07 Å². The van der Waals surface area contributed by atoms with Gasteiger partial charge in [0.2, 0.25) is 0 Å². The van der Waals surface area contributed by atoms with Crippen LogP contribution < -0.4 is 0 Å². The van der Waals surface area contributed by atoms with Crippen LogP contribution in [-0.4, -0.2) is 4.92 Å². The van der Waals surface area contributed by atoms with Crippen molar-refractivity contribution >= 4 is 5.69 Å². The minimum Gasteiger partial charge on any atom is -0.258 e. The highest BCUT2D eigenvalue weighted by Gasteiger charge is 2.28. The van der Waals surface area contributed by atoms with Crippen LogP contribution in [0.15, 0.2) is 18.2 Å². The predicted molar refractivity (Wildman–Crippen MR) is 72.9 cm³/mol. The Hall–Kier alpha value is -1.38. The minimum absolute atomic E-state index is 0.238. The summed E-state index contributed by atoms with van der Waals surface area (Å²) in [6, 6.07) is 5.56. The van der Waals surface area contributed by atoms with E-state index in [-0.39, 0.29) is 4.92 Å². The van der Waals surface area contributed by atoms with Crippen molar-refractivity contribution in [1.29, 1.82) is 0 Å². The molecule has 1 atom stereocenters. The van der Waals surface area contributed by atoms with Crippen molar-refractivity contribution < 1.29 is 4.92 Å². The van der Waals surface area contributed by atoms with Gasteiger partial charge in [-0.1, -0.05) is 44.7 Å². The molecule has 98 valence electrons. The van der Waals surface area contributed by atoms with E-state index < -0.39 is 0 Å². The molecule has 0 saturated carbocycles. The van der Waals surface area contributed by atoms with E-state index in [1.54, 1.807) is 6.07 Å². The van der Waals surface area contributed by atoms with Gasteiger partial charge in [0.25, 0.3) is 5.69 Å². The van der Waals surface area contributed by atoms with E-state index in [0.29, 0.717) is 11.6 Å². The molecule has 0 bridgehead atoms. The van der Waals surface area contributed by atoms with Gasteiger partial charge in [-0.05, 0) is 30.7 Å². The Bertz CT molecular complexity index is 429. The maximum atomic E-state index is 11.0. The quantitative estimate of drug-likeness (QED) is 0.419. The first-order chi connectivity index (χ1) is 8.74. The molecule has 0 N–H and O–H groups in total. The summed E-state index contributed by atoms with van der Waals surface area (Å²) in [6.07, 6.45) is 8.25. The Morgan fingerprint density at radius 3 is 2.89 bits per heavy atom. The SMILES string of the molecule is CCCCCCC1CCc2c1cccc2[N+](=O)[O-]. The molecule has 2 rings (SSSR count). The molecule has 3 heteroatoms. The number of hydrogen-bond donors (Lipinski definition) is 0. The molecule has 0 heterocycles. The van der Waals surface area contributed by atoms with Gasteiger partial charge < -0.3 is 0 Å². The summed E-state index contributed by atoms with van der Waals surface area (Å²) in [5, 5.41) is 11.0. The van der Waals surface area contributed by atoms with E-state index >= 15 is 0 Å². The molecule has 0 aliphatic heterocycles. The first-order valence-electron chi connectivity index (χ1n) is 7.00. The van der Waals surface area contributed by atoms with Crippen LogP contribution in [0.2, 0.25) is 0 Å². The van der Waals surface area contributed by atoms with Gasteiger partial charge >= 0.3 is 0 Å². The third-order valence-electron chi connectivity index (χ3n) is 3.97. The van der Waals surface area contributed by atoms with E-state index in [4.69, 9.17) is 0 Å². The van der Waals surface area contributed by atoms with Crippen LogP contribution in [0.1, 0.15) is 62.5 Å². The molecule has 3 nitrogen and oxygen atoms in total. The third-order valence-corrected chi connectivity index (χ3v) is 3.97. The fourth-order valence-corrected chi connectivity index (χ4v) is 3.01. The number of unbranched alkanes of at least 4 members (excludes halogenated alkanes) is 3. The second kappa shape index (κ2) is 5.98. The van der Waals surface area contributed by atoms with Crippen LogP contribution in [0.5, 0.6) is 0 Å². The van der Waals surface area contributed by atoms with Gasteiger partial charge in [-0.15, -0.1) is 0 Å². The van der Waals surface area contributed by atoms with Crippen molar-refractivity contribution in [2.45, 2.75) is 57.8 Å². The first kappa shape index (κ1) is 13.1. The highest BCUT2D eigenvalue weighted by atomic mass is 16.6. The molecule has 1 aliphatic rings. The lowest BCUT2D eigenvalue weighted by atomic mass is 9.94. The molecule has 18 heavy (non-hydrogen) atoms. The highest BCUT2D eigenvalue weighted by molar-refractivity contribution is 5.49. The molecule has 1 unspecified atom stereocenters. The number of benzene rings is 1. The number of rotatable bonds is 6. The number of nitro benzene ring substituents is 1. The highest BCUT2D eigenvalue weighted by Crippen LogP contribution is 2.40. The zero-order chi connectivity index (χ0) is 13.0. The molecule has 0 amide bonds. The molecule has 1 aliphatic carbocycles. The molecule has 1 aromatic rings. The second-order valence-corrected chi connectivity index (χ2v) is 5.19. The summed E-state index contributed by atoms with van der Waals surface area (Å²) in [7, 11) is 0. The van der Waals surface area contributed by atoms with E-state index in [1.165, 1.54) is 37.7 Å². The maximum absolute atomic E-state index is 11.0. The Morgan fingerprint density at radius 2 is 2.17 bits per heavy atom. The van der Waals surface area contributed by atoms with Crippen molar-refractivity contribution in [3.63, 3.8) is 0 Å². The third kappa shape index (κ3) is 2.71. The molecule has 0 aromatic heterocycles. The van der Waals surface area contributed by atoms with Crippen molar-refractivity contribution in [3.05, 3.63) is 39.4 Å². The number of nitrogens with zero attached hydrogens (tertiary/aromatic N) is 1. The average Bonchev–Trinajstić information content (AvgIpc) is 2.77. The summed E-state index contributed by atoms with van der Waals surface area (Å²) in [4.78, 5) is 10.7. The van der Waals surface area contributed by atoms with Gasteiger partial charge in [0.05, 0.1) is 4.92 Å². The predicted octanol–water partition coefficient (Wildman–Crippen LogP) is 4.60. The first-order valence-corrected chi connectivity index (χ1v) is 7.00. The van der Waals surface area contributed by atoms with Crippen LogP contribution in [-0.2, 0) is 6.42 Å². The average molecular weight is 247 g/mol. The topological polar surface area (TPSA) is 43.1 Å². The Balaban J connectivity index is 2.04. The van der Waals surface area contributed by atoms with Crippen LogP contribution in [0.3, 0.4) is 0 Å². The smallest absolute Gasteiger partial charge is 0.258 e. The van der Waals surface area contributed by atoms with Gasteiger partial charge in [0.1, 0.15) is 0 Å². The lowest BCUT2D eigenvalue weighted by Crippen LogP contribution is -1.96. The molecule has 1 aromatic carbocycles. The zero-order valence-corrected chi connectivity index (χ0v) is 11.0. The Labute approximate surface area is 108 Å². The van der Waals surface area contributed by atoms with Crippen molar-refractivity contribution in [2.75, 3.05) is 0 Å². The standard InChI is InChI=1S/C15H21NO2/c1-2-3-4-5-7-12-10-11-14-13(12)8-6-9-15(14)16(17)18/h6,8-9,12H,2-5,7,10-11H2,1H3. The second-order valence-electron chi connectivity index (χ2n) is 5.19. The summed E-state index contributed by atoms with van der Waals surface area (Å²) >= 11 is 0. The lowest BCUT2D eigenvalue weighted by Gasteiger charge is -2.10. The molecule has 0 radical (unpaired) electrons. The largest absolute Gasteiger partial charge is 0.272 e. The fraction of sp³-hybridized carbons (Fsp3) is 0.600. The van der Waals surface area contributed by atoms with Gasteiger partial charge in [0, 0.05) is 11.6 Å². The number of fused-ring (bicyclic) bond motifs is 1. The van der Waals surface area contributed by atoms with Crippen LogP contribution >= 0.6 is 0 Å². The normalized spacial score (nSPS) is 17.7. The van der Waals surface area contributed by atoms with Crippen LogP contribution in [0, 0.1) is 10.1 Å². The van der Waals surface area contributed by atoms with Crippen molar-refractivity contribution in [1.82, 2.24) is 0 Å². The van der Waals surface area contributed by atoms with Crippen molar-refractivity contribution in [3.8, 4) is 0 Å². The number of hydrogen-bond acceptors (Lipinski definition) is 2. The van der Waals surface area contributed by atoms with E-state index in [0.717, 1.165) is 18.4 Å². The van der Waals surface area contributed by atoms with Gasteiger partial charge in [-0.25, -0.2) is 0 Å². The fourth-order valence-electron chi connectivity index (χ4n) is 3.01. The van der Waals surface area contributed by atoms with Gasteiger partial charge in [-0.2, -0.15) is 0 Å². The van der Waals surface area contributed by atoms with Crippen LogP contribution in [0.4, 0.5) is 5.69 Å². The van der Waals surface area contributed by atoms with Crippen LogP contribution in [0.25, 0.3) is 0 Å². The molecule has 0 spiro atoms. The summed E-state index contributed by atoms with van der Waals surface area (Å²) < 4.78 is 0. The van der Waals surface area contributed by atoms with E-state index in [9.17, 15) is 10.1 Å². The van der Waals surface area contributed by atoms with Gasteiger partial charge in [0.15, 0.2) is 0 Å². The zero-order valence-electron chi connectivity index (χ0n) is 11.0. The Morgan fingerprint density at radius 1 is 1.33 bits per heavy atom. The molecule has 0 fully saturated rings. The minimum atomic E-state index is -0.238. The number of nitro groups is 1. The molecular formula is C15H21NO2. The maximum Gasteiger partial charge on any atom is 0.272 e. The molecule has 0 saturated heterocycles. The summed E-state index contributed by atoms with van der Waals surface area (Å²) in [5.41, 5.74) is 2.55. The lowest BCUT2D eigenvalue weighted by molar-refractivity contribution is -0.385. The molecular weight excluding hydrogens is 226 g/mol.